The van der Waals surface area contributed by atoms with Crippen LogP contribution in [0.5, 0.6) is 0 Å². The highest BCUT2D eigenvalue weighted by Gasteiger charge is 2.20. The van der Waals surface area contributed by atoms with E-state index in [2.05, 4.69) is 5.32 Å². The Morgan fingerprint density at radius 2 is 1.60 bits per heavy atom. The summed E-state index contributed by atoms with van der Waals surface area (Å²) in [5.74, 6) is -0.0162. The van der Waals surface area contributed by atoms with E-state index in [0.717, 1.165) is 16.2 Å². The monoisotopic (exact) mass is 349 g/mol. The molecule has 0 aliphatic rings. The van der Waals surface area contributed by atoms with Crippen molar-refractivity contribution in [1.29, 1.82) is 0 Å². The van der Waals surface area contributed by atoms with Crippen molar-refractivity contribution in [1.82, 2.24) is 10.2 Å². The number of quaternary nitrogens is 1. The van der Waals surface area contributed by atoms with Gasteiger partial charge in [-0.1, -0.05) is 12.1 Å². The van der Waals surface area contributed by atoms with Crippen molar-refractivity contribution in [2.24, 2.45) is 0 Å². The van der Waals surface area contributed by atoms with Crippen molar-refractivity contribution in [3.63, 3.8) is 0 Å². The second-order valence-corrected chi connectivity index (χ2v) is 7.92. The van der Waals surface area contributed by atoms with Crippen molar-refractivity contribution in [2.75, 3.05) is 46.2 Å². The Labute approximate surface area is 151 Å². The maximum absolute atomic E-state index is 12.4. The van der Waals surface area contributed by atoms with Crippen LogP contribution in [0, 0.1) is 0 Å². The summed E-state index contributed by atoms with van der Waals surface area (Å²) in [6.45, 7) is 6.98. The average Bonchev–Trinajstić information content (AvgIpc) is 2.45. The molecule has 0 spiro atoms. The molecule has 0 saturated heterocycles. The molecule has 6 heteroatoms. The topological polar surface area (TPSA) is 57.1 Å². The van der Waals surface area contributed by atoms with Gasteiger partial charge in [0.15, 0.2) is 13.1 Å². The maximum atomic E-state index is 12.4. The molecule has 0 aliphatic heterocycles. The summed E-state index contributed by atoms with van der Waals surface area (Å²) in [6, 6.07) is 8.16. The molecule has 1 unspecified atom stereocenters. The normalized spacial score (nSPS) is 12.4. The first kappa shape index (κ1) is 21.0. The summed E-state index contributed by atoms with van der Waals surface area (Å²) in [4.78, 5) is 28.9. The fraction of sp³-hybridized carbons (Fsp3) is 0.579. The lowest BCUT2D eigenvalue weighted by molar-refractivity contribution is -0.863. The van der Waals surface area contributed by atoms with E-state index < -0.39 is 0 Å². The number of carbonyl (C=O) groups excluding carboxylic acids is 2. The number of hydrogen-bond acceptors (Lipinski definition) is 3. The maximum Gasteiger partial charge on any atom is 0.277 e. The van der Waals surface area contributed by atoms with Gasteiger partial charge in [-0.2, -0.15) is 0 Å². The Morgan fingerprint density at radius 3 is 2.08 bits per heavy atom. The lowest BCUT2D eigenvalue weighted by atomic mass is 10.1. The van der Waals surface area contributed by atoms with Gasteiger partial charge in [0, 0.05) is 38.9 Å². The van der Waals surface area contributed by atoms with Gasteiger partial charge in [-0.05, 0) is 38.5 Å². The highest BCUT2D eigenvalue weighted by Crippen LogP contribution is 2.13. The van der Waals surface area contributed by atoms with E-state index in [4.69, 9.17) is 0 Å². The van der Waals surface area contributed by atoms with Crippen LogP contribution < -0.4 is 15.1 Å². The van der Waals surface area contributed by atoms with Crippen LogP contribution in [0.15, 0.2) is 24.3 Å². The Kier molecular flexibility index (Phi) is 7.42. The quantitative estimate of drug-likeness (QED) is 0.736. The molecule has 2 N–H and O–H groups in total. The molecular weight excluding hydrogens is 316 g/mol. The number of anilines is 1. The standard InChI is InChI=1S/C19H32N4O2/c1-19(2,3)20-17(24)13-22(6)14-18(25)23(7)12-15-8-10-16(11-9-15)21(4)5/h8-11H,12-14H2,1-7H3,(H,20,24)/p+1. The molecule has 25 heavy (non-hydrogen) atoms. The molecular formula is C19H33N4O2+. The zero-order valence-corrected chi connectivity index (χ0v) is 16.6. The zero-order chi connectivity index (χ0) is 19.2. The first-order valence-electron chi connectivity index (χ1n) is 8.60. The number of carbonyl (C=O) groups is 2. The molecule has 1 aromatic rings. The van der Waals surface area contributed by atoms with Crippen LogP contribution in [0.3, 0.4) is 0 Å². The summed E-state index contributed by atoms with van der Waals surface area (Å²) in [5, 5.41) is 2.92. The summed E-state index contributed by atoms with van der Waals surface area (Å²) < 4.78 is 0. The Balaban J connectivity index is 2.49. The summed E-state index contributed by atoms with van der Waals surface area (Å²) in [6.07, 6.45) is 0. The number of nitrogens with zero attached hydrogens (tertiary/aromatic N) is 2. The van der Waals surface area contributed by atoms with Crippen LogP contribution in [0.2, 0.25) is 0 Å². The highest BCUT2D eigenvalue weighted by atomic mass is 16.2. The minimum absolute atomic E-state index is 0.0257. The molecule has 0 bridgehead atoms. The fourth-order valence-electron chi connectivity index (χ4n) is 2.45. The first-order valence-corrected chi connectivity index (χ1v) is 8.60. The predicted octanol–water partition coefficient (Wildman–Crippen LogP) is 0.140. The van der Waals surface area contributed by atoms with Crippen LogP contribution in [-0.2, 0) is 16.1 Å². The molecule has 1 aromatic carbocycles. The Hall–Kier alpha value is -2.08. The third kappa shape index (κ3) is 8.03. The number of rotatable bonds is 7. The largest absolute Gasteiger partial charge is 0.378 e. The van der Waals surface area contributed by atoms with Gasteiger partial charge in [-0.25, -0.2) is 0 Å². The molecule has 1 rings (SSSR count). The smallest absolute Gasteiger partial charge is 0.277 e. The second-order valence-electron chi connectivity index (χ2n) is 7.92. The highest BCUT2D eigenvalue weighted by molar-refractivity contribution is 5.79. The number of amides is 2. The number of nitrogens with one attached hydrogen (secondary N) is 2. The van der Waals surface area contributed by atoms with E-state index >= 15 is 0 Å². The lowest BCUT2D eigenvalue weighted by Crippen LogP contribution is -3.11. The van der Waals surface area contributed by atoms with E-state index in [9.17, 15) is 9.59 Å². The number of hydrogen-bond donors (Lipinski definition) is 2. The van der Waals surface area contributed by atoms with E-state index in [1.54, 1.807) is 11.9 Å². The zero-order valence-electron chi connectivity index (χ0n) is 16.6. The SMILES string of the molecule is CN(Cc1ccc(N(C)C)cc1)C(=O)C[NH+](C)CC(=O)NC(C)(C)C. The second kappa shape index (κ2) is 8.85. The molecule has 0 aliphatic carbocycles. The first-order chi connectivity index (χ1) is 11.5. The van der Waals surface area contributed by atoms with Gasteiger partial charge < -0.3 is 20.0 Å². The van der Waals surface area contributed by atoms with Gasteiger partial charge in [0.05, 0.1) is 7.05 Å². The van der Waals surface area contributed by atoms with Crippen molar-refractivity contribution < 1.29 is 14.5 Å². The van der Waals surface area contributed by atoms with Crippen LogP contribution in [-0.4, -0.2) is 63.5 Å². The van der Waals surface area contributed by atoms with Gasteiger partial charge in [0.1, 0.15) is 0 Å². The average molecular weight is 349 g/mol. The molecule has 0 radical (unpaired) electrons. The van der Waals surface area contributed by atoms with Gasteiger partial charge in [0.2, 0.25) is 0 Å². The van der Waals surface area contributed by atoms with E-state index in [1.807, 2.05) is 71.1 Å². The minimum Gasteiger partial charge on any atom is -0.378 e. The summed E-state index contributed by atoms with van der Waals surface area (Å²) in [7, 11) is 7.66. The number of likely N-dealkylation sites (N-methyl/N-ethyl adjacent to an activating group) is 2. The Morgan fingerprint density at radius 1 is 1.04 bits per heavy atom. The van der Waals surface area contributed by atoms with Crippen LogP contribution in [0.1, 0.15) is 26.3 Å². The van der Waals surface area contributed by atoms with Gasteiger partial charge in [0.25, 0.3) is 11.8 Å². The molecule has 0 fully saturated rings. The predicted molar refractivity (Wildman–Crippen MR) is 102 cm³/mol. The van der Waals surface area contributed by atoms with E-state index in [1.165, 1.54) is 0 Å². The van der Waals surface area contributed by atoms with Gasteiger partial charge in [-0.3, -0.25) is 9.59 Å². The summed E-state index contributed by atoms with van der Waals surface area (Å²) in [5.41, 5.74) is 1.97. The van der Waals surface area contributed by atoms with E-state index in [0.29, 0.717) is 13.1 Å². The third-order valence-corrected chi connectivity index (χ3v) is 3.73. The van der Waals surface area contributed by atoms with Crippen LogP contribution in [0.4, 0.5) is 5.69 Å². The van der Waals surface area contributed by atoms with Crippen molar-refractivity contribution in [2.45, 2.75) is 32.9 Å². The molecule has 0 aromatic heterocycles. The molecule has 6 nitrogen and oxygen atoms in total. The van der Waals surface area contributed by atoms with Crippen LogP contribution in [0.25, 0.3) is 0 Å². The van der Waals surface area contributed by atoms with Crippen molar-refractivity contribution >= 4 is 17.5 Å². The molecule has 0 saturated carbocycles. The third-order valence-electron chi connectivity index (χ3n) is 3.73. The van der Waals surface area contributed by atoms with Crippen LogP contribution >= 0.6 is 0 Å². The van der Waals surface area contributed by atoms with Crippen molar-refractivity contribution in [3.8, 4) is 0 Å². The number of benzene rings is 1. The lowest BCUT2D eigenvalue weighted by Gasteiger charge is -2.23. The Bertz CT molecular complexity index is 576. The molecule has 2 amide bonds. The summed E-state index contributed by atoms with van der Waals surface area (Å²) >= 11 is 0. The van der Waals surface area contributed by atoms with E-state index in [-0.39, 0.29) is 23.9 Å². The molecule has 140 valence electrons. The fourth-order valence-corrected chi connectivity index (χ4v) is 2.45. The molecule has 1 atom stereocenters. The minimum atomic E-state index is -0.253. The van der Waals surface area contributed by atoms with Crippen molar-refractivity contribution in [3.05, 3.63) is 29.8 Å². The van der Waals surface area contributed by atoms with Gasteiger partial charge in [-0.15, -0.1) is 0 Å². The van der Waals surface area contributed by atoms with Gasteiger partial charge >= 0.3 is 0 Å². The molecule has 0 heterocycles.